The predicted molar refractivity (Wildman–Crippen MR) is 68.8 cm³/mol. The number of nitrogens with zero attached hydrogens (tertiary/aromatic N) is 1. The van der Waals surface area contributed by atoms with Crippen LogP contribution in [0.2, 0.25) is 0 Å². The van der Waals surface area contributed by atoms with Crippen LogP contribution in [0.5, 0.6) is 0 Å². The Morgan fingerprint density at radius 3 is 1.93 bits per heavy atom. The maximum absolute atomic E-state index is 3.38. The standard InChI is InChI=1S/C12H21N.C2H6/c1-11(2)7-8-12(3,4)13-9-5-6-10-13;1-2/h11H,5-6,9-10H2,1-4H3;1-2H3. The lowest BCUT2D eigenvalue weighted by molar-refractivity contribution is 0.213. The van der Waals surface area contributed by atoms with Crippen molar-refractivity contribution in [1.82, 2.24) is 4.90 Å². The van der Waals surface area contributed by atoms with E-state index in [1.165, 1.54) is 25.9 Å². The van der Waals surface area contributed by atoms with Crippen LogP contribution in [-0.2, 0) is 0 Å². The molecule has 88 valence electrons. The van der Waals surface area contributed by atoms with Gasteiger partial charge in [-0.1, -0.05) is 39.5 Å². The van der Waals surface area contributed by atoms with Gasteiger partial charge in [-0.05, 0) is 39.8 Å². The van der Waals surface area contributed by atoms with Crippen LogP contribution in [0.4, 0.5) is 0 Å². The first-order valence-electron chi connectivity index (χ1n) is 6.30. The molecule has 0 unspecified atom stereocenters. The van der Waals surface area contributed by atoms with Gasteiger partial charge in [0, 0.05) is 5.92 Å². The van der Waals surface area contributed by atoms with Crippen molar-refractivity contribution in [3.05, 3.63) is 0 Å². The van der Waals surface area contributed by atoms with Gasteiger partial charge in [0.25, 0.3) is 0 Å². The molecule has 1 fully saturated rings. The smallest absolute Gasteiger partial charge is 0.0768 e. The summed E-state index contributed by atoms with van der Waals surface area (Å²) in [6, 6.07) is 0. The minimum absolute atomic E-state index is 0.0841. The molecule has 15 heavy (non-hydrogen) atoms. The van der Waals surface area contributed by atoms with Gasteiger partial charge in [0.1, 0.15) is 0 Å². The van der Waals surface area contributed by atoms with E-state index in [0.717, 1.165) is 0 Å². The summed E-state index contributed by atoms with van der Waals surface area (Å²) >= 11 is 0. The number of likely N-dealkylation sites (tertiary alicyclic amines) is 1. The van der Waals surface area contributed by atoms with Crippen molar-refractivity contribution in [3.63, 3.8) is 0 Å². The number of hydrogen-bond donors (Lipinski definition) is 0. The van der Waals surface area contributed by atoms with Crippen LogP contribution < -0.4 is 0 Å². The van der Waals surface area contributed by atoms with E-state index >= 15 is 0 Å². The second kappa shape index (κ2) is 6.90. The summed E-state index contributed by atoms with van der Waals surface area (Å²) in [6.07, 6.45) is 2.68. The topological polar surface area (TPSA) is 3.24 Å². The molecule has 0 aromatic carbocycles. The van der Waals surface area contributed by atoms with Crippen molar-refractivity contribution in [2.24, 2.45) is 5.92 Å². The van der Waals surface area contributed by atoms with Crippen LogP contribution in [-0.4, -0.2) is 23.5 Å². The molecule has 0 bridgehead atoms. The van der Waals surface area contributed by atoms with Gasteiger partial charge in [0.15, 0.2) is 0 Å². The van der Waals surface area contributed by atoms with Crippen LogP contribution in [0.3, 0.4) is 0 Å². The largest absolute Gasteiger partial charge is 0.288 e. The zero-order valence-corrected chi connectivity index (χ0v) is 11.4. The fourth-order valence-corrected chi connectivity index (χ4v) is 1.68. The lowest BCUT2D eigenvalue weighted by Gasteiger charge is -2.30. The summed E-state index contributed by atoms with van der Waals surface area (Å²) in [7, 11) is 0. The molecule has 1 heterocycles. The molecule has 0 spiro atoms. The number of rotatable bonds is 1. The molecule has 1 nitrogen and oxygen atoms in total. The fraction of sp³-hybridized carbons (Fsp3) is 0.857. The highest BCUT2D eigenvalue weighted by molar-refractivity contribution is 5.16. The average Bonchev–Trinajstić information content (AvgIpc) is 2.72. The zero-order chi connectivity index (χ0) is 11.9. The summed E-state index contributed by atoms with van der Waals surface area (Å²) in [5.41, 5.74) is 0.0841. The first-order valence-corrected chi connectivity index (χ1v) is 6.30. The van der Waals surface area contributed by atoms with Gasteiger partial charge in [-0.25, -0.2) is 0 Å². The Morgan fingerprint density at radius 1 is 1.07 bits per heavy atom. The Hall–Kier alpha value is -0.480. The van der Waals surface area contributed by atoms with Crippen molar-refractivity contribution in [1.29, 1.82) is 0 Å². The van der Waals surface area contributed by atoms with Crippen LogP contribution >= 0.6 is 0 Å². The Balaban J connectivity index is 0.000000921. The predicted octanol–water partition coefficient (Wildman–Crippen LogP) is 3.55. The lowest BCUT2D eigenvalue weighted by atomic mass is 10.0. The highest BCUT2D eigenvalue weighted by Crippen LogP contribution is 2.19. The first-order chi connectivity index (χ1) is 7.02. The van der Waals surface area contributed by atoms with E-state index in [2.05, 4.69) is 44.4 Å². The van der Waals surface area contributed by atoms with Gasteiger partial charge in [0.2, 0.25) is 0 Å². The molecule has 0 radical (unpaired) electrons. The van der Waals surface area contributed by atoms with E-state index in [-0.39, 0.29) is 5.54 Å². The highest BCUT2D eigenvalue weighted by atomic mass is 15.2. The lowest BCUT2D eigenvalue weighted by Crippen LogP contribution is -2.40. The van der Waals surface area contributed by atoms with E-state index < -0.39 is 0 Å². The van der Waals surface area contributed by atoms with E-state index in [0.29, 0.717) is 5.92 Å². The average molecular weight is 209 g/mol. The molecule has 1 aliphatic rings. The fourth-order valence-electron chi connectivity index (χ4n) is 1.68. The minimum Gasteiger partial charge on any atom is -0.288 e. The van der Waals surface area contributed by atoms with Gasteiger partial charge in [-0.15, -0.1) is 0 Å². The minimum atomic E-state index is 0.0841. The SMILES string of the molecule is CC.CC(C)C#CC(C)(C)N1CCCC1. The van der Waals surface area contributed by atoms with E-state index in [4.69, 9.17) is 0 Å². The molecular formula is C14H27N. The maximum atomic E-state index is 3.38. The third-order valence-electron chi connectivity index (χ3n) is 2.56. The van der Waals surface area contributed by atoms with Gasteiger partial charge >= 0.3 is 0 Å². The van der Waals surface area contributed by atoms with Gasteiger partial charge < -0.3 is 0 Å². The van der Waals surface area contributed by atoms with E-state index in [1.54, 1.807) is 0 Å². The van der Waals surface area contributed by atoms with Crippen molar-refractivity contribution < 1.29 is 0 Å². The van der Waals surface area contributed by atoms with E-state index in [1.807, 2.05) is 13.8 Å². The molecule has 1 saturated heterocycles. The Kier molecular flexibility index (Phi) is 6.68. The first kappa shape index (κ1) is 14.5. The Morgan fingerprint density at radius 2 is 1.53 bits per heavy atom. The molecule has 1 aliphatic heterocycles. The highest BCUT2D eigenvalue weighted by Gasteiger charge is 2.26. The molecule has 0 aliphatic carbocycles. The molecule has 0 N–H and O–H groups in total. The molecule has 0 saturated carbocycles. The Labute approximate surface area is 96.2 Å². The summed E-state index contributed by atoms with van der Waals surface area (Å²) in [5.74, 6) is 7.14. The zero-order valence-electron chi connectivity index (χ0n) is 11.4. The molecule has 0 aromatic heterocycles. The summed E-state index contributed by atoms with van der Waals surface area (Å²) in [5, 5.41) is 0. The van der Waals surface area contributed by atoms with Crippen LogP contribution in [0, 0.1) is 17.8 Å². The van der Waals surface area contributed by atoms with Crippen molar-refractivity contribution in [2.75, 3.05) is 13.1 Å². The molecule has 0 atom stereocenters. The summed E-state index contributed by atoms with van der Waals surface area (Å²) in [4.78, 5) is 2.49. The summed E-state index contributed by atoms with van der Waals surface area (Å²) < 4.78 is 0. The molecule has 0 aromatic rings. The summed E-state index contributed by atoms with van der Waals surface area (Å²) in [6.45, 7) is 15.2. The van der Waals surface area contributed by atoms with Gasteiger partial charge in [0.05, 0.1) is 5.54 Å². The molecule has 1 rings (SSSR count). The van der Waals surface area contributed by atoms with Gasteiger partial charge in [-0.2, -0.15) is 0 Å². The van der Waals surface area contributed by atoms with Crippen LogP contribution in [0.1, 0.15) is 54.4 Å². The monoisotopic (exact) mass is 209 g/mol. The third kappa shape index (κ3) is 5.23. The molecular weight excluding hydrogens is 182 g/mol. The van der Waals surface area contributed by atoms with Crippen LogP contribution in [0.25, 0.3) is 0 Å². The number of hydrogen-bond acceptors (Lipinski definition) is 1. The second-order valence-electron chi connectivity index (χ2n) is 4.68. The quantitative estimate of drug-likeness (QED) is 0.597. The second-order valence-corrected chi connectivity index (χ2v) is 4.68. The van der Waals surface area contributed by atoms with Crippen molar-refractivity contribution >= 4 is 0 Å². The van der Waals surface area contributed by atoms with E-state index in [9.17, 15) is 0 Å². The van der Waals surface area contributed by atoms with Gasteiger partial charge in [-0.3, -0.25) is 4.90 Å². The molecule has 1 heteroatoms. The molecule has 0 amide bonds. The van der Waals surface area contributed by atoms with Crippen molar-refractivity contribution in [2.45, 2.75) is 59.9 Å². The maximum Gasteiger partial charge on any atom is 0.0768 e. The third-order valence-corrected chi connectivity index (χ3v) is 2.56. The van der Waals surface area contributed by atoms with Crippen molar-refractivity contribution in [3.8, 4) is 11.8 Å². The normalized spacial score (nSPS) is 16.7. The van der Waals surface area contributed by atoms with Crippen LogP contribution in [0.15, 0.2) is 0 Å². The Bertz CT molecular complexity index is 211.